The van der Waals surface area contributed by atoms with Gasteiger partial charge < -0.3 is 29.2 Å². The Morgan fingerprint density at radius 2 is 1.43 bits per heavy atom. The van der Waals surface area contributed by atoms with E-state index in [2.05, 4.69) is 46.3 Å². The van der Waals surface area contributed by atoms with Crippen molar-refractivity contribution in [1.82, 2.24) is 15.1 Å². The number of benzene rings is 2. The summed E-state index contributed by atoms with van der Waals surface area (Å²) in [6, 6.07) is 9.00. The molecular weight excluding hydrogens is 530 g/mol. The molecule has 0 aliphatic carbocycles. The van der Waals surface area contributed by atoms with E-state index in [1.54, 1.807) is 28.4 Å². The van der Waals surface area contributed by atoms with Crippen molar-refractivity contribution in [3.8, 4) is 23.0 Å². The van der Waals surface area contributed by atoms with Gasteiger partial charge in [-0.05, 0) is 104 Å². The van der Waals surface area contributed by atoms with Gasteiger partial charge >= 0.3 is 6.03 Å². The van der Waals surface area contributed by atoms with Crippen LogP contribution < -0.4 is 24.3 Å². The quantitative estimate of drug-likeness (QED) is 0.384. The molecule has 42 heavy (non-hydrogen) atoms. The Hall–Kier alpha value is -3.13. The maximum absolute atomic E-state index is 13.6. The fourth-order valence-corrected chi connectivity index (χ4v) is 7.63. The van der Waals surface area contributed by atoms with E-state index < -0.39 is 0 Å². The lowest BCUT2D eigenvalue weighted by Gasteiger charge is -2.49. The molecule has 8 heteroatoms. The zero-order chi connectivity index (χ0) is 30.0. The van der Waals surface area contributed by atoms with Gasteiger partial charge in [-0.2, -0.15) is 0 Å². The Bertz CT molecular complexity index is 1260. The van der Waals surface area contributed by atoms with Gasteiger partial charge in [0.1, 0.15) is 0 Å². The SMILES string of the molecule is CCC[C@H]1CN2CCc3cc(OC)c(OC)cc3[C@@H]2C[C@@H]1C[C@@H]1c2cc(OC)c(OC)cc2CCN1C(=O)NC(C)C. The lowest BCUT2D eigenvalue weighted by molar-refractivity contribution is 0.0328. The van der Waals surface area contributed by atoms with Crippen LogP contribution in [0.1, 0.15) is 80.8 Å². The number of methoxy groups -OCH3 is 4. The van der Waals surface area contributed by atoms with Crippen LogP contribution in [0.5, 0.6) is 23.0 Å². The van der Waals surface area contributed by atoms with Crippen LogP contribution in [0.15, 0.2) is 24.3 Å². The second kappa shape index (κ2) is 13.0. The van der Waals surface area contributed by atoms with Crippen molar-refractivity contribution in [3.63, 3.8) is 0 Å². The van der Waals surface area contributed by atoms with Crippen LogP contribution in [-0.2, 0) is 12.8 Å². The molecule has 1 saturated heterocycles. The first-order valence-electron chi connectivity index (χ1n) is 15.6. The Morgan fingerprint density at radius 3 is 2.02 bits per heavy atom. The molecule has 3 aliphatic heterocycles. The molecule has 1 N–H and O–H groups in total. The maximum Gasteiger partial charge on any atom is 0.318 e. The highest BCUT2D eigenvalue weighted by Gasteiger charge is 2.42. The molecule has 230 valence electrons. The van der Waals surface area contributed by atoms with E-state index >= 15 is 0 Å². The average molecular weight is 580 g/mol. The fraction of sp³-hybridized carbons (Fsp3) is 0.618. The lowest BCUT2D eigenvalue weighted by Crippen LogP contribution is -2.50. The molecule has 0 unspecified atom stereocenters. The van der Waals surface area contributed by atoms with Crippen molar-refractivity contribution >= 4 is 6.03 Å². The smallest absolute Gasteiger partial charge is 0.318 e. The van der Waals surface area contributed by atoms with E-state index in [9.17, 15) is 4.79 Å². The van der Waals surface area contributed by atoms with Crippen molar-refractivity contribution in [1.29, 1.82) is 0 Å². The van der Waals surface area contributed by atoms with Crippen LogP contribution in [0.2, 0.25) is 0 Å². The van der Waals surface area contributed by atoms with E-state index in [0.29, 0.717) is 24.4 Å². The summed E-state index contributed by atoms with van der Waals surface area (Å²) < 4.78 is 22.8. The number of carbonyl (C=O) groups excluding carboxylic acids is 1. The molecule has 0 bridgehead atoms. The molecule has 0 aromatic heterocycles. The van der Waals surface area contributed by atoms with Crippen LogP contribution in [0.25, 0.3) is 0 Å². The van der Waals surface area contributed by atoms with E-state index in [0.717, 1.165) is 68.2 Å². The van der Waals surface area contributed by atoms with Gasteiger partial charge in [-0.15, -0.1) is 0 Å². The predicted molar refractivity (Wildman–Crippen MR) is 165 cm³/mol. The third kappa shape index (κ3) is 5.87. The van der Waals surface area contributed by atoms with Gasteiger partial charge in [0.2, 0.25) is 0 Å². The minimum Gasteiger partial charge on any atom is -0.493 e. The van der Waals surface area contributed by atoms with Gasteiger partial charge in [-0.25, -0.2) is 4.79 Å². The Morgan fingerprint density at radius 1 is 0.857 bits per heavy atom. The van der Waals surface area contributed by atoms with Crippen molar-refractivity contribution in [2.45, 2.75) is 77.4 Å². The molecule has 2 aromatic carbocycles. The molecule has 3 aliphatic rings. The normalized spacial score (nSPS) is 23.5. The summed E-state index contributed by atoms with van der Waals surface area (Å²) in [6.07, 6.45) is 6.15. The zero-order valence-electron chi connectivity index (χ0n) is 26.5. The highest BCUT2D eigenvalue weighted by molar-refractivity contribution is 5.75. The number of fused-ring (bicyclic) bond motifs is 4. The third-order valence-electron chi connectivity index (χ3n) is 9.64. The molecule has 0 spiro atoms. The van der Waals surface area contributed by atoms with Gasteiger partial charge in [0.05, 0.1) is 34.5 Å². The number of nitrogens with zero attached hydrogens (tertiary/aromatic N) is 2. The number of hydrogen-bond donors (Lipinski definition) is 1. The van der Waals surface area contributed by atoms with E-state index in [1.165, 1.54) is 28.7 Å². The Labute approximate surface area is 251 Å². The Kier molecular flexibility index (Phi) is 9.41. The molecule has 5 rings (SSSR count). The molecular formula is C34H49N3O5. The second-order valence-corrected chi connectivity index (χ2v) is 12.4. The molecule has 2 amide bonds. The largest absolute Gasteiger partial charge is 0.493 e. The van der Waals surface area contributed by atoms with Crippen LogP contribution in [0.4, 0.5) is 4.79 Å². The molecule has 4 atom stereocenters. The first kappa shape index (κ1) is 30.3. The van der Waals surface area contributed by atoms with Crippen LogP contribution in [0, 0.1) is 11.8 Å². The summed E-state index contributed by atoms with van der Waals surface area (Å²) in [4.78, 5) is 18.4. The second-order valence-electron chi connectivity index (χ2n) is 12.4. The summed E-state index contributed by atoms with van der Waals surface area (Å²) >= 11 is 0. The zero-order valence-corrected chi connectivity index (χ0v) is 26.5. The summed E-state index contributed by atoms with van der Waals surface area (Å²) in [6.45, 7) is 9.17. The molecule has 1 fully saturated rings. The first-order chi connectivity index (χ1) is 20.3. The predicted octanol–water partition coefficient (Wildman–Crippen LogP) is 6.16. The minimum atomic E-state index is -0.0309. The number of piperidine rings is 1. The summed E-state index contributed by atoms with van der Waals surface area (Å²) in [5, 5.41) is 3.18. The highest BCUT2D eigenvalue weighted by atomic mass is 16.5. The molecule has 0 radical (unpaired) electrons. The third-order valence-corrected chi connectivity index (χ3v) is 9.64. The van der Waals surface area contributed by atoms with Crippen LogP contribution in [-0.4, -0.2) is 69.9 Å². The monoisotopic (exact) mass is 579 g/mol. The van der Waals surface area contributed by atoms with Gasteiger partial charge in [0, 0.05) is 31.7 Å². The standard InChI is InChI=1S/C34H49N3O5/c1-8-9-24-20-36-12-10-22-16-30(39-4)32(41-6)18-26(22)28(36)14-25(24)15-29-27-19-33(42-7)31(40-5)17-23(27)11-13-37(29)34(38)35-21(2)3/h16-19,21,24-25,28-29H,8-15,20H2,1-7H3,(H,35,38)/t24-,25+,28-,29+/m0/s1. The van der Waals surface area contributed by atoms with E-state index in [4.69, 9.17) is 18.9 Å². The van der Waals surface area contributed by atoms with Crippen molar-refractivity contribution in [3.05, 3.63) is 46.5 Å². The number of ether oxygens (including phenoxy) is 4. The van der Waals surface area contributed by atoms with Gasteiger partial charge in [0.15, 0.2) is 23.0 Å². The number of urea groups is 1. The summed E-state index contributed by atoms with van der Waals surface area (Å²) in [7, 11) is 6.79. The van der Waals surface area contributed by atoms with Crippen LogP contribution in [0.3, 0.4) is 0 Å². The molecule has 3 heterocycles. The average Bonchev–Trinajstić information content (AvgIpc) is 2.99. The maximum atomic E-state index is 13.6. The van der Waals surface area contributed by atoms with Gasteiger partial charge in [-0.3, -0.25) is 4.90 Å². The first-order valence-corrected chi connectivity index (χ1v) is 15.6. The lowest BCUT2D eigenvalue weighted by atomic mass is 9.71. The molecule has 8 nitrogen and oxygen atoms in total. The Balaban J connectivity index is 1.52. The van der Waals surface area contributed by atoms with Crippen molar-refractivity contribution in [2.75, 3.05) is 48.1 Å². The highest BCUT2D eigenvalue weighted by Crippen LogP contribution is 2.49. The topological polar surface area (TPSA) is 72.5 Å². The van der Waals surface area contributed by atoms with Crippen molar-refractivity contribution in [2.24, 2.45) is 11.8 Å². The molecule has 2 aromatic rings. The van der Waals surface area contributed by atoms with Crippen molar-refractivity contribution < 1.29 is 23.7 Å². The molecule has 0 saturated carbocycles. The van der Waals surface area contributed by atoms with Gasteiger partial charge in [0.25, 0.3) is 0 Å². The number of nitrogens with one attached hydrogen (secondary N) is 1. The number of amides is 2. The number of rotatable bonds is 9. The fourth-order valence-electron chi connectivity index (χ4n) is 7.63. The van der Waals surface area contributed by atoms with E-state index in [-0.39, 0.29) is 18.1 Å². The van der Waals surface area contributed by atoms with E-state index in [1.807, 2.05) is 13.8 Å². The summed E-state index contributed by atoms with van der Waals surface area (Å²) in [5.41, 5.74) is 5.16. The van der Waals surface area contributed by atoms with Gasteiger partial charge in [-0.1, -0.05) is 13.3 Å². The number of hydrogen-bond acceptors (Lipinski definition) is 6. The van der Waals surface area contributed by atoms with Crippen LogP contribution >= 0.6 is 0 Å². The summed E-state index contributed by atoms with van der Waals surface area (Å²) in [5.74, 6) is 4.10. The minimum absolute atomic E-state index is 0.0137. The number of carbonyl (C=O) groups is 1.